The number of carbonyl (C=O) groups excluding carboxylic acids is 1. The number of benzene rings is 2. The largest absolute Gasteiger partial charge is 0.486 e. The lowest BCUT2D eigenvalue weighted by Gasteiger charge is -2.26. The lowest BCUT2D eigenvalue weighted by molar-refractivity contribution is 0.0759. The third kappa shape index (κ3) is 4.24. The fraction of sp³-hybridized carbons (Fsp3) is 0.200. The van der Waals surface area contributed by atoms with Gasteiger partial charge in [-0.05, 0) is 31.2 Å². The first kappa shape index (κ1) is 19.0. The molecule has 0 radical (unpaired) electrons. The van der Waals surface area contributed by atoms with Gasteiger partial charge in [-0.15, -0.1) is 0 Å². The summed E-state index contributed by atoms with van der Waals surface area (Å²) in [4.78, 5) is 11.5. The van der Waals surface area contributed by atoms with Gasteiger partial charge >= 0.3 is 0 Å². The molecular weight excluding hydrogens is 394 g/mol. The normalized spacial score (nSPS) is 15.7. The van der Waals surface area contributed by atoms with Gasteiger partial charge in [0.1, 0.15) is 6.61 Å². The molecule has 1 atom stereocenters. The van der Waals surface area contributed by atoms with Crippen LogP contribution in [0.1, 0.15) is 17.3 Å². The van der Waals surface area contributed by atoms with Crippen LogP contribution in [0.2, 0.25) is 0 Å². The number of sulfonamides is 1. The van der Waals surface area contributed by atoms with Crippen molar-refractivity contribution in [2.75, 3.05) is 11.3 Å². The van der Waals surface area contributed by atoms with Gasteiger partial charge in [-0.25, -0.2) is 8.42 Å². The van der Waals surface area contributed by atoms with Crippen LogP contribution in [0.15, 0.2) is 65.8 Å². The summed E-state index contributed by atoms with van der Waals surface area (Å²) in [5.74, 6) is 1.17. The van der Waals surface area contributed by atoms with Crippen LogP contribution >= 0.6 is 0 Å². The number of rotatable bonds is 6. The molecule has 150 valence electrons. The van der Waals surface area contributed by atoms with Gasteiger partial charge in [0.05, 0.1) is 23.3 Å². The topological polar surface area (TPSA) is 99.5 Å². The monoisotopic (exact) mass is 413 g/mol. The van der Waals surface area contributed by atoms with Crippen LogP contribution in [0.3, 0.4) is 0 Å². The molecule has 9 heteroatoms. The molecule has 4 rings (SSSR count). The van der Waals surface area contributed by atoms with Crippen molar-refractivity contribution in [2.24, 2.45) is 0 Å². The highest BCUT2D eigenvalue weighted by Crippen LogP contribution is 2.31. The summed E-state index contributed by atoms with van der Waals surface area (Å²) in [6.45, 7) is 2.16. The van der Waals surface area contributed by atoms with Crippen molar-refractivity contribution in [3.63, 3.8) is 0 Å². The fourth-order valence-electron chi connectivity index (χ4n) is 2.97. The number of nitrogens with zero attached hydrogens (tertiary/aromatic N) is 2. The van der Waals surface area contributed by atoms with Crippen LogP contribution < -0.4 is 14.2 Å². The first-order chi connectivity index (χ1) is 13.9. The molecule has 0 fully saturated rings. The Hall–Kier alpha value is -3.33. The Morgan fingerprint density at radius 2 is 2.00 bits per heavy atom. The van der Waals surface area contributed by atoms with Crippen LogP contribution in [0, 0.1) is 0 Å². The van der Waals surface area contributed by atoms with E-state index in [0.29, 0.717) is 35.9 Å². The van der Waals surface area contributed by atoms with Crippen molar-refractivity contribution in [3.8, 4) is 11.5 Å². The van der Waals surface area contributed by atoms with Gasteiger partial charge in [0.2, 0.25) is 0 Å². The summed E-state index contributed by atoms with van der Waals surface area (Å²) in [7, 11) is -3.84. The molecule has 0 amide bonds. The molecule has 3 aromatic rings. The fourth-order valence-corrected chi connectivity index (χ4v) is 4.05. The molecule has 2 aromatic carbocycles. The van der Waals surface area contributed by atoms with E-state index in [9.17, 15) is 13.2 Å². The predicted octanol–water partition coefficient (Wildman–Crippen LogP) is 2.73. The molecule has 1 N–H and O–H groups in total. The zero-order chi connectivity index (χ0) is 20.4. The zero-order valence-corrected chi connectivity index (χ0v) is 16.4. The highest BCUT2D eigenvalue weighted by molar-refractivity contribution is 7.92. The number of hydrogen-bond donors (Lipinski definition) is 1. The number of ketones is 1. The smallest absolute Gasteiger partial charge is 0.262 e. The minimum absolute atomic E-state index is 0.0126. The Morgan fingerprint density at radius 1 is 1.21 bits per heavy atom. The molecule has 0 spiro atoms. The van der Waals surface area contributed by atoms with Crippen molar-refractivity contribution in [1.29, 1.82) is 0 Å². The van der Waals surface area contributed by atoms with Gasteiger partial charge in [-0.2, -0.15) is 5.10 Å². The maximum absolute atomic E-state index is 12.6. The van der Waals surface area contributed by atoms with Gasteiger partial charge < -0.3 is 9.47 Å². The Morgan fingerprint density at radius 3 is 2.79 bits per heavy atom. The van der Waals surface area contributed by atoms with Crippen LogP contribution in [0.4, 0.5) is 5.69 Å². The molecule has 2 heterocycles. The summed E-state index contributed by atoms with van der Waals surface area (Å²) in [5.41, 5.74) is 0.647. The Balaban J connectivity index is 1.44. The summed E-state index contributed by atoms with van der Waals surface area (Å²) >= 11 is 0. The molecule has 1 aliphatic heterocycles. The van der Waals surface area contributed by atoms with E-state index in [0.717, 1.165) is 0 Å². The van der Waals surface area contributed by atoms with E-state index in [1.54, 1.807) is 16.9 Å². The van der Waals surface area contributed by atoms with Gasteiger partial charge in [0.15, 0.2) is 23.4 Å². The second kappa shape index (κ2) is 7.59. The van der Waals surface area contributed by atoms with Crippen LogP contribution in [0.25, 0.3) is 0 Å². The maximum Gasteiger partial charge on any atom is 0.262 e. The van der Waals surface area contributed by atoms with Crippen LogP contribution in [-0.2, 0) is 16.6 Å². The summed E-state index contributed by atoms with van der Waals surface area (Å²) in [5, 5.41) is 4.19. The quantitative estimate of drug-likeness (QED) is 0.624. The van der Waals surface area contributed by atoms with Crippen molar-refractivity contribution in [3.05, 3.63) is 66.5 Å². The Labute approximate surface area is 168 Å². The van der Waals surface area contributed by atoms with Crippen molar-refractivity contribution < 1.29 is 22.7 Å². The molecule has 29 heavy (non-hydrogen) atoms. The molecule has 0 saturated heterocycles. The van der Waals surface area contributed by atoms with Gasteiger partial charge in [-0.3, -0.25) is 14.2 Å². The SMILES string of the molecule is CC(=O)c1cccc(S(=O)(=O)Nc2cnn(CC3COc4ccccc4O3)c2)c1. The highest BCUT2D eigenvalue weighted by Gasteiger charge is 2.22. The average molecular weight is 413 g/mol. The number of fused-ring (bicyclic) bond motifs is 1. The van der Waals surface area contributed by atoms with E-state index >= 15 is 0 Å². The molecule has 8 nitrogen and oxygen atoms in total. The molecule has 1 aliphatic rings. The van der Waals surface area contributed by atoms with Crippen LogP contribution in [0.5, 0.6) is 11.5 Å². The maximum atomic E-state index is 12.6. The first-order valence-corrected chi connectivity index (χ1v) is 10.4. The third-order valence-electron chi connectivity index (χ3n) is 4.39. The Bertz CT molecular complexity index is 1160. The van der Waals surface area contributed by atoms with E-state index in [2.05, 4.69) is 9.82 Å². The van der Waals surface area contributed by atoms with Crippen molar-refractivity contribution in [2.45, 2.75) is 24.5 Å². The van der Waals surface area contributed by atoms with Gasteiger partial charge in [0, 0.05) is 11.8 Å². The number of aromatic nitrogens is 2. The minimum atomic E-state index is -3.84. The molecule has 0 saturated carbocycles. The van der Waals surface area contributed by atoms with Gasteiger partial charge in [-0.1, -0.05) is 24.3 Å². The molecule has 1 aromatic heterocycles. The highest BCUT2D eigenvalue weighted by atomic mass is 32.2. The number of para-hydroxylation sites is 2. The van der Waals surface area contributed by atoms with Crippen molar-refractivity contribution in [1.82, 2.24) is 9.78 Å². The van der Waals surface area contributed by atoms with E-state index in [-0.39, 0.29) is 16.8 Å². The second-order valence-corrected chi connectivity index (χ2v) is 8.32. The van der Waals surface area contributed by atoms with E-state index in [1.165, 1.54) is 31.3 Å². The number of anilines is 1. The second-order valence-electron chi connectivity index (χ2n) is 6.64. The van der Waals surface area contributed by atoms with Gasteiger partial charge in [0.25, 0.3) is 10.0 Å². The Kier molecular flexibility index (Phi) is 4.98. The van der Waals surface area contributed by atoms with E-state index in [4.69, 9.17) is 9.47 Å². The minimum Gasteiger partial charge on any atom is -0.486 e. The number of hydrogen-bond acceptors (Lipinski definition) is 6. The number of Topliss-reactive ketones (excluding diaryl/α,β-unsaturated/α-hetero) is 1. The van der Waals surface area contributed by atoms with Crippen LogP contribution in [-0.4, -0.2) is 36.7 Å². The number of ether oxygens (including phenoxy) is 2. The standard InChI is InChI=1S/C20H19N3O5S/c1-14(24)15-5-4-6-18(9-15)29(25,26)22-16-10-21-23(11-16)12-17-13-27-19-7-2-3-8-20(19)28-17/h2-11,17,22H,12-13H2,1H3. The van der Waals surface area contributed by atoms with E-state index < -0.39 is 10.0 Å². The molecule has 0 bridgehead atoms. The lowest BCUT2D eigenvalue weighted by Crippen LogP contribution is -2.33. The summed E-state index contributed by atoms with van der Waals surface area (Å²) in [6, 6.07) is 13.3. The summed E-state index contributed by atoms with van der Waals surface area (Å²) < 4.78 is 40.9. The molecule has 1 unspecified atom stereocenters. The predicted molar refractivity (Wildman–Crippen MR) is 106 cm³/mol. The number of carbonyl (C=O) groups is 1. The summed E-state index contributed by atoms with van der Waals surface area (Å²) in [6.07, 6.45) is 2.75. The zero-order valence-electron chi connectivity index (χ0n) is 15.6. The number of nitrogens with one attached hydrogen (secondary N) is 1. The third-order valence-corrected chi connectivity index (χ3v) is 5.77. The molecule has 0 aliphatic carbocycles. The molecular formula is C20H19N3O5S. The lowest BCUT2D eigenvalue weighted by atomic mass is 10.2. The van der Waals surface area contributed by atoms with E-state index in [1.807, 2.05) is 24.3 Å². The first-order valence-electron chi connectivity index (χ1n) is 8.95. The average Bonchev–Trinajstić information content (AvgIpc) is 3.14. The van der Waals surface area contributed by atoms with Crippen molar-refractivity contribution >= 4 is 21.5 Å².